The van der Waals surface area contributed by atoms with E-state index in [0.29, 0.717) is 0 Å². The minimum absolute atomic E-state index is 0.842. The molecule has 2 nitrogen and oxygen atoms in total. The predicted molar refractivity (Wildman–Crippen MR) is 67.0 cm³/mol. The lowest BCUT2D eigenvalue weighted by Gasteiger charge is -2.30. The van der Waals surface area contributed by atoms with Gasteiger partial charge in [-0.25, -0.2) is 0 Å². The van der Waals surface area contributed by atoms with Crippen LogP contribution in [-0.4, -0.2) is 32.1 Å². The quantitative estimate of drug-likeness (QED) is 0.787. The van der Waals surface area contributed by atoms with Gasteiger partial charge in [0.1, 0.15) is 0 Å². The standard InChI is InChI=1S/C12H17NOS/c15-10-5-11-3-1-2-4-12(11)13-6-8-14-9-7-13/h1-4,15H,5-10H2. The number of morpholine rings is 1. The first-order chi connectivity index (χ1) is 7.42. The van der Waals surface area contributed by atoms with Crippen LogP contribution in [0.5, 0.6) is 0 Å². The van der Waals surface area contributed by atoms with Crippen molar-refractivity contribution in [1.82, 2.24) is 0 Å². The highest BCUT2D eigenvalue weighted by atomic mass is 32.1. The molecule has 0 radical (unpaired) electrons. The molecule has 0 aliphatic carbocycles. The van der Waals surface area contributed by atoms with Gasteiger partial charge in [0.15, 0.2) is 0 Å². The second-order valence-electron chi connectivity index (χ2n) is 3.70. The predicted octanol–water partition coefficient (Wildman–Crippen LogP) is 2.00. The molecule has 1 aliphatic heterocycles. The zero-order valence-electron chi connectivity index (χ0n) is 8.85. The summed E-state index contributed by atoms with van der Waals surface area (Å²) in [4.78, 5) is 2.41. The number of rotatable bonds is 3. The molecule has 15 heavy (non-hydrogen) atoms. The molecule has 0 aromatic heterocycles. The van der Waals surface area contributed by atoms with Gasteiger partial charge in [0.25, 0.3) is 0 Å². The van der Waals surface area contributed by atoms with Crippen LogP contribution in [0.15, 0.2) is 24.3 Å². The van der Waals surface area contributed by atoms with Crippen LogP contribution in [0.25, 0.3) is 0 Å². The molecule has 1 heterocycles. The molecule has 0 bridgehead atoms. The molecule has 82 valence electrons. The average molecular weight is 223 g/mol. The molecule has 1 aromatic rings. The molecule has 0 spiro atoms. The first kappa shape index (κ1) is 10.8. The maximum absolute atomic E-state index is 5.36. The fourth-order valence-corrected chi connectivity index (χ4v) is 2.20. The van der Waals surface area contributed by atoms with Crippen LogP contribution in [0, 0.1) is 0 Å². The van der Waals surface area contributed by atoms with Crippen LogP contribution in [0.3, 0.4) is 0 Å². The largest absolute Gasteiger partial charge is 0.378 e. The summed E-state index contributed by atoms with van der Waals surface area (Å²) in [5.74, 6) is 0.904. The Morgan fingerprint density at radius 1 is 1.20 bits per heavy atom. The SMILES string of the molecule is SCCc1ccccc1N1CCOCC1. The Morgan fingerprint density at radius 3 is 2.67 bits per heavy atom. The highest BCUT2D eigenvalue weighted by molar-refractivity contribution is 7.80. The molecule has 0 N–H and O–H groups in total. The first-order valence-corrected chi connectivity index (χ1v) is 6.06. The molecule has 3 heteroatoms. The van der Waals surface area contributed by atoms with Crippen molar-refractivity contribution in [3.63, 3.8) is 0 Å². The molecule has 0 saturated carbocycles. The van der Waals surface area contributed by atoms with Crippen LogP contribution in [0.2, 0.25) is 0 Å². The van der Waals surface area contributed by atoms with Crippen molar-refractivity contribution in [1.29, 1.82) is 0 Å². The van der Waals surface area contributed by atoms with Crippen molar-refractivity contribution in [2.75, 3.05) is 37.0 Å². The maximum Gasteiger partial charge on any atom is 0.0642 e. The number of hydrogen-bond acceptors (Lipinski definition) is 3. The molecule has 0 atom stereocenters. The second-order valence-corrected chi connectivity index (χ2v) is 4.15. The Balaban J connectivity index is 2.17. The molecule has 1 fully saturated rings. The van der Waals surface area contributed by atoms with Crippen molar-refractivity contribution in [3.05, 3.63) is 29.8 Å². The Bertz CT molecular complexity index is 310. The molecule has 1 aliphatic rings. The molecule has 1 aromatic carbocycles. The number of aryl methyl sites for hydroxylation is 1. The zero-order chi connectivity index (χ0) is 10.5. The lowest BCUT2D eigenvalue weighted by atomic mass is 10.1. The monoisotopic (exact) mass is 223 g/mol. The number of anilines is 1. The lowest BCUT2D eigenvalue weighted by Crippen LogP contribution is -2.36. The van der Waals surface area contributed by atoms with Crippen molar-refractivity contribution in [3.8, 4) is 0 Å². The van der Waals surface area contributed by atoms with Gasteiger partial charge in [-0.1, -0.05) is 18.2 Å². The molecule has 0 amide bonds. The lowest BCUT2D eigenvalue weighted by molar-refractivity contribution is 0.122. The summed E-state index contributed by atoms with van der Waals surface area (Å²) in [5, 5.41) is 0. The van der Waals surface area contributed by atoms with Gasteiger partial charge in [-0.05, 0) is 23.8 Å². The van der Waals surface area contributed by atoms with Crippen LogP contribution in [0.4, 0.5) is 5.69 Å². The topological polar surface area (TPSA) is 12.5 Å². The van der Waals surface area contributed by atoms with Crippen LogP contribution < -0.4 is 4.90 Å². The summed E-state index contributed by atoms with van der Waals surface area (Å²) < 4.78 is 5.36. The maximum atomic E-state index is 5.36. The van der Waals surface area contributed by atoms with Gasteiger partial charge < -0.3 is 9.64 Å². The van der Waals surface area contributed by atoms with E-state index in [-0.39, 0.29) is 0 Å². The van der Waals surface area contributed by atoms with Gasteiger partial charge in [-0.3, -0.25) is 0 Å². The molecule has 1 saturated heterocycles. The van der Waals surface area contributed by atoms with Crippen molar-refractivity contribution >= 4 is 18.3 Å². The van der Waals surface area contributed by atoms with Crippen molar-refractivity contribution in [2.45, 2.75) is 6.42 Å². The van der Waals surface area contributed by atoms with E-state index in [0.717, 1.165) is 38.5 Å². The minimum atomic E-state index is 0.842. The van der Waals surface area contributed by atoms with Crippen LogP contribution >= 0.6 is 12.6 Å². The summed E-state index contributed by atoms with van der Waals surface area (Å²) in [6.07, 6.45) is 1.04. The highest BCUT2D eigenvalue weighted by Gasteiger charge is 2.13. The summed E-state index contributed by atoms with van der Waals surface area (Å²) in [6, 6.07) is 8.60. The fraction of sp³-hybridized carbons (Fsp3) is 0.500. The summed E-state index contributed by atoms with van der Waals surface area (Å²) in [5.41, 5.74) is 2.75. The van der Waals surface area contributed by atoms with E-state index in [2.05, 4.69) is 41.8 Å². The first-order valence-electron chi connectivity index (χ1n) is 5.43. The second kappa shape index (κ2) is 5.42. The fourth-order valence-electron chi connectivity index (χ4n) is 1.96. The number of hydrogen-bond donors (Lipinski definition) is 1. The number of para-hydroxylation sites is 1. The number of benzene rings is 1. The number of nitrogens with zero attached hydrogens (tertiary/aromatic N) is 1. The van der Waals surface area contributed by atoms with Crippen molar-refractivity contribution < 1.29 is 4.74 Å². The Hall–Kier alpha value is -0.670. The third-order valence-corrected chi connectivity index (χ3v) is 2.95. The summed E-state index contributed by atoms with van der Waals surface area (Å²) in [6.45, 7) is 3.69. The Morgan fingerprint density at radius 2 is 1.93 bits per heavy atom. The summed E-state index contributed by atoms with van der Waals surface area (Å²) in [7, 11) is 0. The third kappa shape index (κ3) is 2.67. The van der Waals surface area contributed by atoms with E-state index in [4.69, 9.17) is 4.74 Å². The van der Waals surface area contributed by atoms with Gasteiger partial charge in [0, 0.05) is 18.8 Å². The highest BCUT2D eigenvalue weighted by Crippen LogP contribution is 2.21. The van der Waals surface area contributed by atoms with Crippen molar-refractivity contribution in [2.24, 2.45) is 0 Å². The van der Waals surface area contributed by atoms with Gasteiger partial charge in [0.05, 0.1) is 13.2 Å². The van der Waals surface area contributed by atoms with Gasteiger partial charge in [-0.2, -0.15) is 12.6 Å². The minimum Gasteiger partial charge on any atom is -0.378 e. The van der Waals surface area contributed by atoms with E-state index < -0.39 is 0 Å². The zero-order valence-corrected chi connectivity index (χ0v) is 9.75. The van der Waals surface area contributed by atoms with E-state index in [1.807, 2.05) is 0 Å². The van der Waals surface area contributed by atoms with E-state index in [1.54, 1.807) is 0 Å². The van der Waals surface area contributed by atoms with Gasteiger partial charge in [-0.15, -0.1) is 0 Å². The van der Waals surface area contributed by atoms with Crippen LogP contribution in [-0.2, 0) is 11.2 Å². The normalized spacial score (nSPS) is 16.7. The third-order valence-electron chi connectivity index (χ3n) is 2.72. The number of thiol groups is 1. The Labute approximate surface area is 96.6 Å². The van der Waals surface area contributed by atoms with E-state index >= 15 is 0 Å². The van der Waals surface area contributed by atoms with E-state index in [1.165, 1.54) is 11.3 Å². The van der Waals surface area contributed by atoms with E-state index in [9.17, 15) is 0 Å². The molecular weight excluding hydrogens is 206 g/mol. The van der Waals surface area contributed by atoms with Gasteiger partial charge in [0.2, 0.25) is 0 Å². The summed E-state index contributed by atoms with van der Waals surface area (Å²) >= 11 is 4.30. The molecule has 2 rings (SSSR count). The number of ether oxygens (including phenoxy) is 1. The molecule has 0 unspecified atom stereocenters. The Kier molecular flexibility index (Phi) is 3.92. The average Bonchev–Trinajstić information content (AvgIpc) is 2.31. The molecular formula is C12H17NOS. The smallest absolute Gasteiger partial charge is 0.0642 e. The van der Waals surface area contributed by atoms with Crippen LogP contribution in [0.1, 0.15) is 5.56 Å². The van der Waals surface area contributed by atoms with Gasteiger partial charge >= 0.3 is 0 Å².